The topological polar surface area (TPSA) is 38.9 Å². The highest BCUT2D eigenvalue weighted by Crippen LogP contribution is 2.30. The maximum Gasteiger partial charge on any atom is 0.112 e. The summed E-state index contributed by atoms with van der Waals surface area (Å²) < 4.78 is 0. The standard InChI is InChI=1S/C12H20N2S/c1-12(2,13)11-14-9-7-5-3-4-6-8-10(9)15-11/h3-8,13H2,1-2H3. The quantitative estimate of drug-likeness (QED) is 0.796. The minimum absolute atomic E-state index is 0.272. The van der Waals surface area contributed by atoms with E-state index in [1.54, 1.807) is 0 Å². The van der Waals surface area contributed by atoms with Crippen molar-refractivity contribution in [2.24, 2.45) is 5.73 Å². The van der Waals surface area contributed by atoms with Gasteiger partial charge < -0.3 is 5.73 Å². The molecule has 0 fully saturated rings. The third kappa shape index (κ3) is 2.58. The number of hydrogen-bond donors (Lipinski definition) is 1. The van der Waals surface area contributed by atoms with Gasteiger partial charge in [0.05, 0.1) is 11.2 Å². The van der Waals surface area contributed by atoms with Crippen LogP contribution in [-0.4, -0.2) is 4.98 Å². The summed E-state index contributed by atoms with van der Waals surface area (Å²) in [5.74, 6) is 0. The monoisotopic (exact) mass is 224 g/mol. The van der Waals surface area contributed by atoms with E-state index in [2.05, 4.69) is 0 Å². The van der Waals surface area contributed by atoms with Crippen LogP contribution in [0.3, 0.4) is 0 Å². The Morgan fingerprint density at radius 2 is 1.80 bits per heavy atom. The molecule has 15 heavy (non-hydrogen) atoms. The lowest BCUT2D eigenvalue weighted by Gasteiger charge is -2.13. The van der Waals surface area contributed by atoms with Crippen LogP contribution >= 0.6 is 11.3 Å². The molecule has 0 atom stereocenters. The molecule has 0 spiro atoms. The van der Waals surface area contributed by atoms with Crippen molar-refractivity contribution in [2.75, 3.05) is 0 Å². The van der Waals surface area contributed by atoms with Crippen molar-refractivity contribution in [1.29, 1.82) is 0 Å². The highest BCUT2D eigenvalue weighted by molar-refractivity contribution is 7.11. The number of aromatic nitrogens is 1. The zero-order chi connectivity index (χ0) is 10.9. The minimum atomic E-state index is -0.272. The summed E-state index contributed by atoms with van der Waals surface area (Å²) >= 11 is 1.83. The van der Waals surface area contributed by atoms with Crippen molar-refractivity contribution in [1.82, 2.24) is 4.98 Å². The molecule has 2 nitrogen and oxygen atoms in total. The van der Waals surface area contributed by atoms with E-state index in [1.165, 1.54) is 42.7 Å². The van der Waals surface area contributed by atoms with Gasteiger partial charge >= 0.3 is 0 Å². The normalized spacial score (nSPS) is 18.1. The number of fused-ring (bicyclic) bond motifs is 1. The molecule has 0 amide bonds. The molecule has 0 saturated carbocycles. The van der Waals surface area contributed by atoms with E-state index in [-0.39, 0.29) is 5.54 Å². The Hall–Kier alpha value is -0.410. The predicted molar refractivity (Wildman–Crippen MR) is 65.2 cm³/mol. The molecule has 1 aromatic heterocycles. The Morgan fingerprint density at radius 1 is 1.13 bits per heavy atom. The summed E-state index contributed by atoms with van der Waals surface area (Å²) in [7, 11) is 0. The molecule has 1 aliphatic carbocycles. The largest absolute Gasteiger partial charge is 0.320 e. The SMILES string of the molecule is CC(C)(N)c1nc2c(s1)CCCCCC2. The molecule has 2 N–H and O–H groups in total. The van der Waals surface area contributed by atoms with Gasteiger partial charge in [-0.3, -0.25) is 0 Å². The maximum absolute atomic E-state index is 6.09. The van der Waals surface area contributed by atoms with Crippen molar-refractivity contribution >= 4 is 11.3 Å². The van der Waals surface area contributed by atoms with Crippen LogP contribution in [0.5, 0.6) is 0 Å². The van der Waals surface area contributed by atoms with Crippen LogP contribution in [0, 0.1) is 0 Å². The van der Waals surface area contributed by atoms with Crippen LogP contribution in [0.15, 0.2) is 0 Å². The maximum atomic E-state index is 6.09. The number of hydrogen-bond acceptors (Lipinski definition) is 3. The van der Waals surface area contributed by atoms with Crippen LogP contribution in [0.25, 0.3) is 0 Å². The third-order valence-corrected chi connectivity index (χ3v) is 4.39. The molecule has 1 aromatic rings. The number of nitrogens with two attached hydrogens (primary N) is 1. The Kier molecular flexibility index (Phi) is 3.12. The Labute approximate surface area is 95.9 Å². The van der Waals surface area contributed by atoms with E-state index in [4.69, 9.17) is 10.7 Å². The smallest absolute Gasteiger partial charge is 0.112 e. The Morgan fingerprint density at radius 3 is 2.47 bits per heavy atom. The van der Waals surface area contributed by atoms with Crippen LogP contribution in [0.2, 0.25) is 0 Å². The predicted octanol–water partition coefficient (Wildman–Crippen LogP) is 3.00. The number of rotatable bonds is 1. The summed E-state index contributed by atoms with van der Waals surface area (Å²) in [6.07, 6.45) is 7.71. The van der Waals surface area contributed by atoms with Crippen molar-refractivity contribution in [3.63, 3.8) is 0 Å². The molecule has 0 aromatic carbocycles. The van der Waals surface area contributed by atoms with Crippen molar-refractivity contribution in [3.05, 3.63) is 15.6 Å². The number of thiazole rings is 1. The molecule has 1 heterocycles. The van der Waals surface area contributed by atoms with E-state index in [9.17, 15) is 0 Å². The van der Waals surface area contributed by atoms with E-state index < -0.39 is 0 Å². The molecule has 2 rings (SSSR count). The van der Waals surface area contributed by atoms with E-state index in [0.717, 1.165) is 11.4 Å². The summed E-state index contributed by atoms with van der Waals surface area (Å²) in [6, 6.07) is 0. The second-order valence-corrected chi connectivity index (χ2v) is 6.11. The summed E-state index contributed by atoms with van der Waals surface area (Å²) in [6.45, 7) is 4.08. The summed E-state index contributed by atoms with van der Waals surface area (Å²) in [5, 5.41) is 1.11. The third-order valence-electron chi connectivity index (χ3n) is 2.90. The van der Waals surface area contributed by atoms with E-state index in [1.807, 2.05) is 25.2 Å². The lowest BCUT2D eigenvalue weighted by Crippen LogP contribution is -2.28. The van der Waals surface area contributed by atoms with Gasteiger partial charge in [-0.25, -0.2) is 4.98 Å². The molecule has 3 heteroatoms. The minimum Gasteiger partial charge on any atom is -0.320 e. The molecule has 0 bridgehead atoms. The van der Waals surface area contributed by atoms with E-state index in [0.29, 0.717) is 0 Å². The van der Waals surface area contributed by atoms with E-state index >= 15 is 0 Å². The molecule has 0 aliphatic heterocycles. The molecule has 0 saturated heterocycles. The fourth-order valence-corrected chi connectivity index (χ4v) is 3.15. The van der Waals surface area contributed by atoms with Gasteiger partial charge in [-0.2, -0.15) is 0 Å². The van der Waals surface area contributed by atoms with Gasteiger partial charge in [-0.1, -0.05) is 12.8 Å². The fourth-order valence-electron chi connectivity index (χ4n) is 1.98. The fraction of sp³-hybridized carbons (Fsp3) is 0.750. The first-order chi connectivity index (χ1) is 7.07. The van der Waals surface area contributed by atoms with Crippen molar-refractivity contribution < 1.29 is 0 Å². The Balaban J connectivity index is 2.28. The van der Waals surface area contributed by atoms with Crippen LogP contribution in [0.1, 0.15) is 55.1 Å². The average Bonchev–Trinajstić information content (AvgIpc) is 2.46. The molecular formula is C12H20N2S. The zero-order valence-corrected chi connectivity index (χ0v) is 10.5. The van der Waals surface area contributed by atoms with Gasteiger partial charge in [-0.15, -0.1) is 11.3 Å². The summed E-state index contributed by atoms with van der Waals surface area (Å²) in [4.78, 5) is 6.21. The molecule has 0 radical (unpaired) electrons. The highest BCUT2D eigenvalue weighted by Gasteiger charge is 2.22. The first-order valence-corrected chi connectivity index (χ1v) is 6.67. The van der Waals surface area contributed by atoms with Crippen LogP contribution in [0.4, 0.5) is 0 Å². The second kappa shape index (κ2) is 4.22. The van der Waals surface area contributed by atoms with Gasteiger partial charge in [0.2, 0.25) is 0 Å². The molecule has 84 valence electrons. The molecule has 1 aliphatic rings. The number of aryl methyl sites for hydroxylation is 2. The van der Waals surface area contributed by atoms with Crippen LogP contribution < -0.4 is 5.73 Å². The highest BCUT2D eigenvalue weighted by atomic mass is 32.1. The first kappa shape index (κ1) is 11.1. The van der Waals surface area contributed by atoms with Gasteiger partial charge in [0, 0.05) is 4.88 Å². The van der Waals surface area contributed by atoms with Crippen molar-refractivity contribution in [3.8, 4) is 0 Å². The second-order valence-electron chi connectivity index (χ2n) is 5.02. The van der Waals surface area contributed by atoms with Crippen molar-refractivity contribution in [2.45, 2.75) is 57.9 Å². The van der Waals surface area contributed by atoms with Gasteiger partial charge in [-0.05, 0) is 39.5 Å². The van der Waals surface area contributed by atoms with Gasteiger partial charge in [0.15, 0.2) is 0 Å². The number of nitrogens with zero attached hydrogens (tertiary/aromatic N) is 1. The average molecular weight is 224 g/mol. The van der Waals surface area contributed by atoms with Gasteiger partial charge in [0.25, 0.3) is 0 Å². The molecule has 0 unspecified atom stereocenters. The van der Waals surface area contributed by atoms with Crippen LogP contribution in [-0.2, 0) is 18.4 Å². The zero-order valence-electron chi connectivity index (χ0n) is 9.68. The lowest BCUT2D eigenvalue weighted by atomic mass is 10.0. The Bertz CT molecular complexity index is 310. The molecular weight excluding hydrogens is 204 g/mol. The first-order valence-electron chi connectivity index (χ1n) is 5.85. The lowest BCUT2D eigenvalue weighted by molar-refractivity contribution is 0.546. The van der Waals surface area contributed by atoms with Gasteiger partial charge in [0.1, 0.15) is 5.01 Å². The summed E-state index contributed by atoms with van der Waals surface area (Å²) in [5.41, 5.74) is 7.15.